The third-order valence-electron chi connectivity index (χ3n) is 3.21. The van der Waals surface area contributed by atoms with E-state index in [9.17, 15) is 9.59 Å². The van der Waals surface area contributed by atoms with Crippen molar-refractivity contribution in [3.8, 4) is 0 Å². The SMILES string of the molecule is COC(=O)C(CN1Cc2ccccc2C1)NC(C)=O. The van der Waals surface area contributed by atoms with Gasteiger partial charge in [-0.25, -0.2) is 4.79 Å². The first-order valence-electron chi connectivity index (χ1n) is 6.24. The Bertz CT molecular complexity index is 462. The molecule has 0 fully saturated rings. The Kier molecular flexibility index (Phi) is 4.16. The minimum atomic E-state index is -0.614. The lowest BCUT2D eigenvalue weighted by Gasteiger charge is -2.22. The molecule has 1 aromatic carbocycles. The van der Waals surface area contributed by atoms with Crippen LogP contribution in [-0.4, -0.2) is 36.5 Å². The first kappa shape index (κ1) is 13.5. The van der Waals surface area contributed by atoms with Crippen molar-refractivity contribution in [3.63, 3.8) is 0 Å². The number of hydrogen-bond donors (Lipinski definition) is 1. The molecule has 1 aliphatic heterocycles. The number of rotatable bonds is 4. The summed E-state index contributed by atoms with van der Waals surface area (Å²) in [7, 11) is 1.33. The molecule has 19 heavy (non-hydrogen) atoms. The lowest BCUT2D eigenvalue weighted by atomic mass is 10.1. The fourth-order valence-electron chi connectivity index (χ4n) is 2.36. The minimum absolute atomic E-state index is 0.230. The number of esters is 1. The lowest BCUT2D eigenvalue weighted by Crippen LogP contribution is -2.47. The van der Waals surface area contributed by atoms with Crippen LogP contribution in [0.4, 0.5) is 0 Å². The second kappa shape index (κ2) is 5.84. The molecule has 0 aromatic heterocycles. The summed E-state index contributed by atoms with van der Waals surface area (Å²) >= 11 is 0. The maximum Gasteiger partial charge on any atom is 0.329 e. The number of nitrogens with one attached hydrogen (secondary N) is 1. The summed E-state index contributed by atoms with van der Waals surface area (Å²) in [5, 5.41) is 2.63. The van der Waals surface area contributed by atoms with E-state index in [4.69, 9.17) is 4.74 Å². The summed E-state index contributed by atoms with van der Waals surface area (Å²) in [6.45, 7) is 3.45. The van der Waals surface area contributed by atoms with Gasteiger partial charge in [-0.1, -0.05) is 24.3 Å². The average molecular weight is 262 g/mol. The summed E-state index contributed by atoms with van der Waals surface area (Å²) in [4.78, 5) is 24.9. The highest BCUT2D eigenvalue weighted by Gasteiger charge is 2.26. The molecule has 0 bridgehead atoms. The molecule has 1 amide bonds. The standard InChI is InChI=1S/C14H18N2O3/c1-10(17)15-13(14(18)19-2)9-16-7-11-5-3-4-6-12(11)8-16/h3-6,13H,7-9H2,1-2H3,(H,15,17). The second-order valence-electron chi connectivity index (χ2n) is 4.71. The first-order valence-corrected chi connectivity index (χ1v) is 6.24. The molecule has 1 atom stereocenters. The molecular formula is C14H18N2O3. The molecular weight excluding hydrogens is 244 g/mol. The summed E-state index contributed by atoms with van der Waals surface area (Å²) in [6, 6.07) is 7.57. The van der Waals surface area contributed by atoms with E-state index in [-0.39, 0.29) is 5.91 Å². The van der Waals surface area contributed by atoms with E-state index < -0.39 is 12.0 Å². The molecule has 2 rings (SSSR count). The van der Waals surface area contributed by atoms with E-state index in [1.165, 1.54) is 25.2 Å². The van der Waals surface area contributed by atoms with Crippen LogP contribution < -0.4 is 5.32 Å². The van der Waals surface area contributed by atoms with Crippen LogP contribution in [0.2, 0.25) is 0 Å². The number of carbonyl (C=O) groups is 2. The predicted molar refractivity (Wildman–Crippen MR) is 70.2 cm³/mol. The van der Waals surface area contributed by atoms with Gasteiger partial charge in [-0.2, -0.15) is 0 Å². The third-order valence-corrected chi connectivity index (χ3v) is 3.21. The van der Waals surface area contributed by atoms with Crippen LogP contribution in [0.25, 0.3) is 0 Å². The van der Waals surface area contributed by atoms with Crippen molar-refractivity contribution >= 4 is 11.9 Å². The smallest absolute Gasteiger partial charge is 0.329 e. The van der Waals surface area contributed by atoms with E-state index in [1.54, 1.807) is 0 Å². The van der Waals surface area contributed by atoms with Gasteiger partial charge in [0.15, 0.2) is 0 Å². The van der Waals surface area contributed by atoms with Crippen molar-refractivity contribution in [1.29, 1.82) is 0 Å². The van der Waals surface area contributed by atoms with Crippen LogP contribution in [-0.2, 0) is 27.4 Å². The van der Waals surface area contributed by atoms with E-state index >= 15 is 0 Å². The molecule has 1 aliphatic rings. The Hall–Kier alpha value is -1.88. The van der Waals surface area contributed by atoms with Gasteiger partial charge in [0, 0.05) is 26.6 Å². The Balaban J connectivity index is 2.00. The number of fused-ring (bicyclic) bond motifs is 1. The Labute approximate surface area is 112 Å². The highest BCUT2D eigenvalue weighted by Crippen LogP contribution is 2.22. The molecule has 0 spiro atoms. The molecule has 5 heteroatoms. The monoisotopic (exact) mass is 262 g/mol. The molecule has 1 aromatic rings. The predicted octanol–water partition coefficient (Wildman–Crippen LogP) is 0.680. The van der Waals surface area contributed by atoms with Gasteiger partial charge < -0.3 is 10.1 Å². The third kappa shape index (κ3) is 3.32. The van der Waals surface area contributed by atoms with Gasteiger partial charge in [0.05, 0.1) is 7.11 Å². The van der Waals surface area contributed by atoms with Crippen LogP contribution in [0.15, 0.2) is 24.3 Å². The van der Waals surface area contributed by atoms with Gasteiger partial charge in [0.1, 0.15) is 6.04 Å². The molecule has 102 valence electrons. The fourth-order valence-corrected chi connectivity index (χ4v) is 2.36. The van der Waals surface area contributed by atoms with Gasteiger partial charge in [-0.3, -0.25) is 9.69 Å². The summed E-state index contributed by atoms with van der Waals surface area (Å²) in [5.41, 5.74) is 2.54. The molecule has 0 aliphatic carbocycles. The van der Waals surface area contributed by atoms with Crippen LogP contribution in [0.5, 0.6) is 0 Å². The van der Waals surface area contributed by atoms with E-state index in [0.717, 1.165) is 13.1 Å². The lowest BCUT2D eigenvalue weighted by molar-refractivity contribution is -0.145. The van der Waals surface area contributed by atoms with Crippen molar-refractivity contribution in [2.45, 2.75) is 26.1 Å². The maximum absolute atomic E-state index is 11.6. The summed E-state index contributed by atoms with van der Waals surface area (Å²) in [5.74, 6) is -0.640. The number of ether oxygens (including phenoxy) is 1. The molecule has 0 saturated heterocycles. The van der Waals surface area contributed by atoms with Gasteiger partial charge in [0.2, 0.25) is 5.91 Å². The Morgan fingerprint density at radius 1 is 1.32 bits per heavy atom. The zero-order chi connectivity index (χ0) is 13.8. The molecule has 0 radical (unpaired) electrons. The highest BCUT2D eigenvalue weighted by atomic mass is 16.5. The topological polar surface area (TPSA) is 58.6 Å². The quantitative estimate of drug-likeness (QED) is 0.811. The zero-order valence-electron chi connectivity index (χ0n) is 11.2. The van der Waals surface area contributed by atoms with Crippen LogP contribution in [0.3, 0.4) is 0 Å². The Morgan fingerprint density at radius 2 is 1.89 bits per heavy atom. The average Bonchev–Trinajstić information content (AvgIpc) is 2.78. The van der Waals surface area contributed by atoms with Gasteiger partial charge in [-0.15, -0.1) is 0 Å². The molecule has 5 nitrogen and oxygen atoms in total. The minimum Gasteiger partial charge on any atom is -0.467 e. The van der Waals surface area contributed by atoms with Crippen LogP contribution in [0, 0.1) is 0 Å². The van der Waals surface area contributed by atoms with Crippen LogP contribution >= 0.6 is 0 Å². The summed E-state index contributed by atoms with van der Waals surface area (Å²) in [6.07, 6.45) is 0. The van der Waals surface area contributed by atoms with E-state index in [0.29, 0.717) is 6.54 Å². The number of nitrogens with zero attached hydrogens (tertiary/aromatic N) is 1. The fraction of sp³-hybridized carbons (Fsp3) is 0.429. The first-order chi connectivity index (χ1) is 9.10. The molecule has 1 heterocycles. The van der Waals surface area contributed by atoms with Gasteiger partial charge in [-0.05, 0) is 11.1 Å². The van der Waals surface area contributed by atoms with Crippen molar-refractivity contribution < 1.29 is 14.3 Å². The normalized spacial score (nSPS) is 15.7. The second-order valence-corrected chi connectivity index (χ2v) is 4.71. The molecule has 1 unspecified atom stereocenters. The van der Waals surface area contributed by atoms with Gasteiger partial charge >= 0.3 is 5.97 Å². The number of carbonyl (C=O) groups excluding carboxylic acids is 2. The van der Waals surface area contributed by atoms with E-state index in [2.05, 4.69) is 22.3 Å². The largest absolute Gasteiger partial charge is 0.467 e. The van der Waals surface area contributed by atoms with Crippen molar-refractivity contribution in [2.75, 3.05) is 13.7 Å². The van der Waals surface area contributed by atoms with Crippen molar-refractivity contribution in [2.24, 2.45) is 0 Å². The number of methoxy groups -OCH3 is 1. The zero-order valence-corrected chi connectivity index (χ0v) is 11.2. The number of benzene rings is 1. The highest BCUT2D eigenvalue weighted by molar-refractivity contribution is 5.83. The number of hydrogen-bond acceptors (Lipinski definition) is 4. The van der Waals surface area contributed by atoms with Crippen molar-refractivity contribution in [1.82, 2.24) is 10.2 Å². The number of amides is 1. The molecule has 0 saturated carbocycles. The molecule has 1 N–H and O–H groups in total. The van der Waals surface area contributed by atoms with Crippen molar-refractivity contribution in [3.05, 3.63) is 35.4 Å². The van der Waals surface area contributed by atoms with Crippen LogP contribution in [0.1, 0.15) is 18.1 Å². The maximum atomic E-state index is 11.6. The van der Waals surface area contributed by atoms with E-state index in [1.807, 2.05) is 12.1 Å². The Morgan fingerprint density at radius 3 is 2.37 bits per heavy atom. The summed E-state index contributed by atoms with van der Waals surface area (Å²) < 4.78 is 4.72. The van der Waals surface area contributed by atoms with Gasteiger partial charge in [0.25, 0.3) is 0 Å².